The number of nitrogens with zero attached hydrogens (tertiary/aromatic N) is 2. The summed E-state index contributed by atoms with van der Waals surface area (Å²) >= 11 is 5.92. The molecule has 3 amide bonds. The van der Waals surface area contributed by atoms with Gasteiger partial charge in [-0.15, -0.1) is 0 Å². The maximum Gasteiger partial charge on any atom is 0.308 e. The molecule has 32 heavy (non-hydrogen) atoms. The van der Waals surface area contributed by atoms with Gasteiger partial charge in [0.05, 0.1) is 18.5 Å². The van der Waals surface area contributed by atoms with Gasteiger partial charge in [0.25, 0.3) is 5.91 Å². The van der Waals surface area contributed by atoms with Crippen LogP contribution < -0.4 is 9.64 Å². The van der Waals surface area contributed by atoms with Crippen LogP contribution in [0.2, 0.25) is 5.02 Å². The Morgan fingerprint density at radius 2 is 1.66 bits per heavy atom. The van der Waals surface area contributed by atoms with Crippen molar-refractivity contribution in [3.63, 3.8) is 0 Å². The molecule has 0 aromatic heterocycles. The van der Waals surface area contributed by atoms with Crippen molar-refractivity contribution in [2.45, 2.75) is 52.1 Å². The lowest BCUT2D eigenvalue weighted by Gasteiger charge is -2.39. The molecule has 1 heterocycles. The van der Waals surface area contributed by atoms with E-state index in [4.69, 9.17) is 16.3 Å². The molecule has 1 saturated heterocycles. The zero-order chi connectivity index (χ0) is 23.6. The van der Waals surface area contributed by atoms with Crippen LogP contribution in [0.15, 0.2) is 48.5 Å². The number of anilines is 1. The fourth-order valence-electron chi connectivity index (χ4n) is 3.80. The van der Waals surface area contributed by atoms with Crippen molar-refractivity contribution < 1.29 is 23.9 Å². The molecular weight excluding hydrogens is 432 g/mol. The van der Waals surface area contributed by atoms with E-state index >= 15 is 0 Å². The Morgan fingerprint density at radius 3 is 2.19 bits per heavy atom. The number of carbonyl (C=O) groups is 4. The normalized spacial score (nSPS) is 16.3. The molecule has 0 aliphatic carbocycles. The molecule has 0 radical (unpaired) electrons. The Labute approximate surface area is 191 Å². The summed E-state index contributed by atoms with van der Waals surface area (Å²) in [5.74, 6) is -1.26. The van der Waals surface area contributed by atoms with Crippen molar-refractivity contribution in [3.8, 4) is 5.75 Å². The monoisotopic (exact) mass is 456 g/mol. The summed E-state index contributed by atoms with van der Waals surface area (Å²) in [6, 6.07) is 12.1. The quantitative estimate of drug-likeness (QED) is 0.388. The molecule has 1 unspecified atom stereocenters. The highest BCUT2D eigenvalue weighted by molar-refractivity contribution is 6.30. The molecule has 0 spiro atoms. The first kappa shape index (κ1) is 23.5. The largest absolute Gasteiger partial charge is 0.427 e. The van der Waals surface area contributed by atoms with E-state index in [1.807, 2.05) is 20.8 Å². The van der Waals surface area contributed by atoms with Crippen LogP contribution in [-0.2, 0) is 25.6 Å². The van der Waals surface area contributed by atoms with Crippen LogP contribution in [0.3, 0.4) is 0 Å². The minimum absolute atomic E-state index is 0.0868. The minimum Gasteiger partial charge on any atom is -0.427 e. The molecule has 1 atom stereocenters. The van der Waals surface area contributed by atoms with Gasteiger partial charge in [0.2, 0.25) is 11.8 Å². The van der Waals surface area contributed by atoms with Crippen molar-refractivity contribution in [2.75, 3.05) is 4.90 Å². The lowest BCUT2D eigenvalue weighted by molar-refractivity contribution is -0.143. The second-order valence-corrected chi connectivity index (χ2v) is 9.05. The Balaban J connectivity index is 1.84. The first-order chi connectivity index (χ1) is 15.0. The fourth-order valence-corrected chi connectivity index (χ4v) is 3.92. The molecule has 0 saturated carbocycles. The summed E-state index contributed by atoms with van der Waals surface area (Å²) in [6.07, 6.45) is -0.0162. The van der Waals surface area contributed by atoms with Gasteiger partial charge in [-0.05, 0) is 62.7 Å². The minimum atomic E-state index is -0.907. The smallest absolute Gasteiger partial charge is 0.308 e. The average Bonchev–Trinajstić information content (AvgIpc) is 2.97. The second kappa shape index (κ2) is 9.12. The fraction of sp³-hybridized carbons (Fsp3) is 0.333. The van der Waals surface area contributed by atoms with Crippen molar-refractivity contribution in [3.05, 3.63) is 59.1 Å². The van der Waals surface area contributed by atoms with Gasteiger partial charge < -0.3 is 9.64 Å². The first-order valence-corrected chi connectivity index (χ1v) is 10.6. The summed E-state index contributed by atoms with van der Waals surface area (Å²) in [4.78, 5) is 53.0. The standard InChI is InChI=1S/C24H25ClN2O5/c1-15(28)32-19-11-9-18(10-12-19)26-21(29)14-20(23(26)31)27(24(2,3)4)22(30)13-16-5-7-17(25)8-6-16/h5-12,20H,13-14H2,1-4H3. The number of hydrogen-bond acceptors (Lipinski definition) is 5. The van der Waals surface area contributed by atoms with Gasteiger partial charge in [0.1, 0.15) is 11.8 Å². The van der Waals surface area contributed by atoms with E-state index in [1.54, 1.807) is 24.3 Å². The van der Waals surface area contributed by atoms with Gasteiger partial charge in [-0.3, -0.25) is 19.2 Å². The predicted octanol–water partition coefficient (Wildman–Crippen LogP) is 3.77. The Morgan fingerprint density at radius 1 is 1.06 bits per heavy atom. The van der Waals surface area contributed by atoms with E-state index in [9.17, 15) is 19.2 Å². The van der Waals surface area contributed by atoms with Gasteiger partial charge in [-0.2, -0.15) is 0 Å². The molecule has 0 N–H and O–H groups in total. The maximum atomic E-state index is 13.3. The molecular formula is C24H25ClN2O5. The van der Waals surface area contributed by atoms with Gasteiger partial charge in [-0.1, -0.05) is 23.7 Å². The van der Waals surface area contributed by atoms with Crippen molar-refractivity contribution in [2.24, 2.45) is 0 Å². The van der Waals surface area contributed by atoms with E-state index in [1.165, 1.54) is 36.1 Å². The van der Waals surface area contributed by atoms with Gasteiger partial charge in [0.15, 0.2) is 0 Å². The van der Waals surface area contributed by atoms with Crippen molar-refractivity contribution in [1.82, 2.24) is 4.90 Å². The molecule has 1 fully saturated rings. The van der Waals surface area contributed by atoms with E-state index in [0.29, 0.717) is 16.5 Å². The summed E-state index contributed by atoms with van der Waals surface area (Å²) in [5.41, 5.74) is 0.444. The number of carbonyl (C=O) groups excluding carboxylic acids is 4. The van der Waals surface area contributed by atoms with Crippen LogP contribution in [-0.4, -0.2) is 40.2 Å². The molecule has 7 nitrogen and oxygen atoms in total. The molecule has 2 aromatic carbocycles. The molecule has 2 aromatic rings. The Kier molecular flexibility index (Phi) is 6.69. The summed E-state index contributed by atoms with van der Waals surface area (Å²) in [7, 11) is 0. The SMILES string of the molecule is CC(=O)Oc1ccc(N2C(=O)CC(N(C(=O)Cc3ccc(Cl)cc3)C(C)(C)C)C2=O)cc1. The van der Waals surface area contributed by atoms with Crippen LogP contribution in [0.1, 0.15) is 39.7 Å². The highest BCUT2D eigenvalue weighted by Crippen LogP contribution is 2.31. The molecule has 1 aliphatic heterocycles. The Bertz CT molecular complexity index is 1040. The topological polar surface area (TPSA) is 84.0 Å². The number of ether oxygens (including phenoxy) is 1. The number of benzene rings is 2. The third-order valence-electron chi connectivity index (χ3n) is 5.05. The summed E-state index contributed by atoms with van der Waals surface area (Å²) in [5, 5.41) is 0.570. The lowest BCUT2D eigenvalue weighted by atomic mass is 9.99. The molecule has 1 aliphatic rings. The van der Waals surface area contributed by atoms with Gasteiger partial charge >= 0.3 is 5.97 Å². The lowest BCUT2D eigenvalue weighted by Crippen LogP contribution is -2.55. The van der Waals surface area contributed by atoms with Gasteiger partial charge in [0, 0.05) is 17.5 Å². The van der Waals surface area contributed by atoms with Crippen molar-refractivity contribution in [1.29, 1.82) is 0 Å². The third-order valence-corrected chi connectivity index (χ3v) is 5.30. The molecule has 8 heteroatoms. The van der Waals surface area contributed by atoms with E-state index in [-0.39, 0.29) is 18.7 Å². The number of halogens is 1. The number of amides is 3. The maximum absolute atomic E-state index is 13.3. The highest BCUT2D eigenvalue weighted by atomic mass is 35.5. The molecule has 0 bridgehead atoms. The van der Waals surface area contributed by atoms with Crippen LogP contribution in [0.5, 0.6) is 5.75 Å². The van der Waals surface area contributed by atoms with Crippen LogP contribution in [0.4, 0.5) is 5.69 Å². The van der Waals surface area contributed by atoms with E-state index in [2.05, 4.69) is 0 Å². The number of esters is 1. The highest BCUT2D eigenvalue weighted by Gasteiger charge is 2.47. The molecule has 168 valence electrons. The number of hydrogen-bond donors (Lipinski definition) is 0. The Hall–Kier alpha value is -3.19. The molecule has 3 rings (SSSR count). The zero-order valence-electron chi connectivity index (χ0n) is 18.4. The number of rotatable bonds is 5. The van der Waals surface area contributed by atoms with Crippen molar-refractivity contribution >= 4 is 41.0 Å². The van der Waals surface area contributed by atoms with Crippen LogP contribution >= 0.6 is 11.6 Å². The van der Waals surface area contributed by atoms with E-state index < -0.39 is 29.4 Å². The predicted molar refractivity (Wildman–Crippen MR) is 120 cm³/mol. The summed E-state index contributed by atoms with van der Waals surface area (Å²) in [6.45, 7) is 6.79. The summed E-state index contributed by atoms with van der Waals surface area (Å²) < 4.78 is 5.00. The first-order valence-electron chi connectivity index (χ1n) is 10.2. The second-order valence-electron chi connectivity index (χ2n) is 8.61. The average molecular weight is 457 g/mol. The zero-order valence-corrected chi connectivity index (χ0v) is 19.2. The van der Waals surface area contributed by atoms with Gasteiger partial charge in [-0.25, -0.2) is 4.90 Å². The number of imide groups is 1. The van der Waals surface area contributed by atoms with Crippen LogP contribution in [0, 0.1) is 0 Å². The van der Waals surface area contributed by atoms with E-state index in [0.717, 1.165) is 10.5 Å². The third kappa shape index (κ3) is 5.16. The van der Waals surface area contributed by atoms with Crippen LogP contribution in [0.25, 0.3) is 0 Å².